The topological polar surface area (TPSA) is 55.1 Å². The smallest absolute Gasteiger partial charge is 0.251 e. The standard InChI is InChI=1S/C10H13BrN2O/c1-7(6-12)13-10(14)8-2-4-9(11)5-3-8/h2-5,7H,6,12H2,1H3,(H,13,14). The SMILES string of the molecule is CC(CN)NC(=O)c1ccc(Br)cc1. The first-order valence-corrected chi connectivity index (χ1v) is 5.19. The van der Waals surface area contributed by atoms with Gasteiger partial charge in [-0.15, -0.1) is 0 Å². The molecule has 0 bridgehead atoms. The quantitative estimate of drug-likeness (QED) is 0.862. The fourth-order valence-corrected chi connectivity index (χ4v) is 1.23. The monoisotopic (exact) mass is 256 g/mol. The predicted octanol–water partition coefficient (Wildman–Crippen LogP) is 1.53. The molecular weight excluding hydrogens is 244 g/mol. The van der Waals surface area contributed by atoms with E-state index in [-0.39, 0.29) is 11.9 Å². The number of carbonyl (C=O) groups excluding carboxylic acids is 1. The second-order valence-electron chi connectivity index (χ2n) is 3.12. The minimum atomic E-state index is -0.0875. The van der Waals surface area contributed by atoms with Crippen LogP contribution in [0.1, 0.15) is 17.3 Å². The molecule has 1 rings (SSSR count). The van der Waals surface area contributed by atoms with Gasteiger partial charge in [0.25, 0.3) is 5.91 Å². The second-order valence-corrected chi connectivity index (χ2v) is 4.03. The molecule has 0 heterocycles. The molecule has 0 saturated carbocycles. The van der Waals surface area contributed by atoms with Gasteiger partial charge in [0, 0.05) is 22.6 Å². The third kappa shape index (κ3) is 3.12. The maximum absolute atomic E-state index is 11.5. The normalized spacial score (nSPS) is 12.2. The van der Waals surface area contributed by atoms with Crippen molar-refractivity contribution < 1.29 is 4.79 Å². The van der Waals surface area contributed by atoms with E-state index in [0.717, 1.165) is 4.47 Å². The second kappa shape index (κ2) is 5.12. The Kier molecular flexibility index (Phi) is 4.10. The van der Waals surface area contributed by atoms with Crippen LogP contribution in [-0.4, -0.2) is 18.5 Å². The van der Waals surface area contributed by atoms with Crippen LogP contribution in [0.3, 0.4) is 0 Å². The fourth-order valence-electron chi connectivity index (χ4n) is 0.967. The highest BCUT2D eigenvalue weighted by atomic mass is 79.9. The number of benzene rings is 1. The number of nitrogens with one attached hydrogen (secondary N) is 1. The molecular formula is C10H13BrN2O. The van der Waals surface area contributed by atoms with Crippen LogP contribution in [0.4, 0.5) is 0 Å². The van der Waals surface area contributed by atoms with E-state index in [9.17, 15) is 4.79 Å². The lowest BCUT2D eigenvalue weighted by Crippen LogP contribution is -2.37. The highest BCUT2D eigenvalue weighted by Gasteiger charge is 2.07. The predicted molar refractivity (Wildman–Crippen MR) is 60.1 cm³/mol. The van der Waals surface area contributed by atoms with Crippen LogP contribution < -0.4 is 11.1 Å². The summed E-state index contributed by atoms with van der Waals surface area (Å²) >= 11 is 3.31. The van der Waals surface area contributed by atoms with Gasteiger partial charge in [-0.1, -0.05) is 15.9 Å². The number of hydrogen-bond acceptors (Lipinski definition) is 2. The number of amides is 1. The molecule has 0 aromatic heterocycles. The van der Waals surface area contributed by atoms with Gasteiger partial charge in [-0.05, 0) is 31.2 Å². The molecule has 0 radical (unpaired) electrons. The first-order valence-electron chi connectivity index (χ1n) is 4.40. The molecule has 0 saturated heterocycles. The zero-order valence-corrected chi connectivity index (χ0v) is 9.54. The van der Waals surface area contributed by atoms with Crippen LogP contribution in [0.15, 0.2) is 28.7 Å². The van der Waals surface area contributed by atoms with E-state index in [1.54, 1.807) is 12.1 Å². The van der Waals surface area contributed by atoms with Crippen molar-refractivity contribution in [1.82, 2.24) is 5.32 Å². The van der Waals surface area contributed by atoms with Crippen LogP contribution >= 0.6 is 15.9 Å². The van der Waals surface area contributed by atoms with Crippen LogP contribution in [0.25, 0.3) is 0 Å². The van der Waals surface area contributed by atoms with Crippen LogP contribution in [0, 0.1) is 0 Å². The zero-order valence-electron chi connectivity index (χ0n) is 7.96. The van der Waals surface area contributed by atoms with Gasteiger partial charge < -0.3 is 11.1 Å². The van der Waals surface area contributed by atoms with Gasteiger partial charge in [0.2, 0.25) is 0 Å². The zero-order chi connectivity index (χ0) is 10.6. The summed E-state index contributed by atoms with van der Waals surface area (Å²) in [6, 6.07) is 7.21. The van der Waals surface area contributed by atoms with Crippen LogP contribution in [0.2, 0.25) is 0 Å². The van der Waals surface area contributed by atoms with Gasteiger partial charge in [-0.3, -0.25) is 4.79 Å². The average Bonchev–Trinajstić information content (AvgIpc) is 2.18. The minimum absolute atomic E-state index is 0.00569. The van der Waals surface area contributed by atoms with E-state index in [2.05, 4.69) is 21.2 Å². The summed E-state index contributed by atoms with van der Waals surface area (Å²) in [4.78, 5) is 11.5. The van der Waals surface area contributed by atoms with E-state index in [4.69, 9.17) is 5.73 Å². The van der Waals surface area contributed by atoms with Crippen molar-refractivity contribution in [2.45, 2.75) is 13.0 Å². The van der Waals surface area contributed by atoms with Crippen LogP contribution in [0.5, 0.6) is 0 Å². The maximum Gasteiger partial charge on any atom is 0.251 e. The summed E-state index contributed by atoms with van der Waals surface area (Å²) in [7, 11) is 0. The molecule has 14 heavy (non-hydrogen) atoms. The van der Waals surface area contributed by atoms with Crippen molar-refractivity contribution >= 4 is 21.8 Å². The highest BCUT2D eigenvalue weighted by molar-refractivity contribution is 9.10. The largest absolute Gasteiger partial charge is 0.348 e. The summed E-state index contributed by atoms with van der Waals surface area (Å²) in [6.45, 7) is 2.32. The Morgan fingerprint density at radius 3 is 2.57 bits per heavy atom. The van der Waals surface area contributed by atoms with Gasteiger partial charge in [0.05, 0.1) is 0 Å². The fraction of sp³-hybridized carbons (Fsp3) is 0.300. The molecule has 76 valence electrons. The Balaban J connectivity index is 2.65. The molecule has 0 fully saturated rings. The lowest BCUT2D eigenvalue weighted by Gasteiger charge is -2.10. The van der Waals surface area contributed by atoms with Gasteiger partial charge >= 0.3 is 0 Å². The van der Waals surface area contributed by atoms with Crippen molar-refractivity contribution in [3.63, 3.8) is 0 Å². The number of nitrogens with two attached hydrogens (primary N) is 1. The molecule has 0 aliphatic rings. The van der Waals surface area contributed by atoms with E-state index in [0.29, 0.717) is 12.1 Å². The lowest BCUT2D eigenvalue weighted by molar-refractivity contribution is 0.0941. The molecule has 1 amide bonds. The molecule has 0 spiro atoms. The summed E-state index contributed by atoms with van der Waals surface area (Å²) in [5.74, 6) is -0.0875. The van der Waals surface area contributed by atoms with Gasteiger partial charge in [-0.2, -0.15) is 0 Å². The van der Waals surface area contributed by atoms with Crippen LogP contribution in [-0.2, 0) is 0 Å². The Labute approximate surface area is 91.8 Å². The third-order valence-corrected chi connectivity index (χ3v) is 2.37. The van der Waals surface area contributed by atoms with Crippen molar-refractivity contribution in [3.8, 4) is 0 Å². The number of halogens is 1. The molecule has 0 aliphatic carbocycles. The Bertz CT molecular complexity index is 310. The molecule has 1 unspecified atom stereocenters. The first-order chi connectivity index (χ1) is 6.63. The Hall–Kier alpha value is -0.870. The molecule has 0 aliphatic heterocycles. The summed E-state index contributed by atoms with van der Waals surface area (Å²) < 4.78 is 0.959. The molecule has 3 N–H and O–H groups in total. The number of carbonyl (C=O) groups is 1. The first kappa shape index (κ1) is 11.2. The summed E-state index contributed by atoms with van der Waals surface area (Å²) in [5.41, 5.74) is 6.05. The van der Waals surface area contributed by atoms with Gasteiger partial charge in [0.15, 0.2) is 0 Å². The van der Waals surface area contributed by atoms with Crippen molar-refractivity contribution in [1.29, 1.82) is 0 Å². The van der Waals surface area contributed by atoms with Crippen molar-refractivity contribution in [3.05, 3.63) is 34.3 Å². The van der Waals surface area contributed by atoms with Gasteiger partial charge in [-0.25, -0.2) is 0 Å². The van der Waals surface area contributed by atoms with E-state index >= 15 is 0 Å². The molecule has 3 nitrogen and oxygen atoms in total. The number of rotatable bonds is 3. The Morgan fingerprint density at radius 2 is 2.07 bits per heavy atom. The lowest BCUT2D eigenvalue weighted by atomic mass is 10.2. The molecule has 4 heteroatoms. The van der Waals surface area contributed by atoms with Crippen molar-refractivity contribution in [2.75, 3.05) is 6.54 Å². The van der Waals surface area contributed by atoms with Gasteiger partial charge in [0.1, 0.15) is 0 Å². The highest BCUT2D eigenvalue weighted by Crippen LogP contribution is 2.10. The average molecular weight is 257 g/mol. The number of hydrogen-bond donors (Lipinski definition) is 2. The third-order valence-electron chi connectivity index (χ3n) is 1.84. The maximum atomic E-state index is 11.5. The Morgan fingerprint density at radius 1 is 1.50 bits per heavy atom. The summed E-state index contributed by atoms with van der Waals surface area (Å²) in [6.07, 6.45) is 0. The molecule has 1 atom stereocenters. The van der Waals surface area contributed by atoms with E-state index in [1.807, 2.05) is 19.1 Å². The van der Waals surface area contributed by atoms with Crippen molar-refractivity contribution in [2.24, 2.45) is 5.73 Å². The molecule has 1 aromatic carbocycles. The summed E-state index contributed by atoms with van der Waals surface area (Å²) in [5, 5.41) is 2.79. The minimum Gasteiger partial charge on any atom is -0.348 e. The van der Waals surface area contributed by atoms with E-state index < -0.39 is 0 Å². The van der Waals surface area contributed by atoms with E-state index in [1.165, 1.54) is 0 Å². The molecule has 1 aromatic rings.